The predicted octanol–water partition coefficient (Wildman–Crippen LogP) is -0.0673. The van der Waals surface area contributed by atoms with Crippen LogP contribution < -0.4 is 16.5 Å². The standard InChI is InChI=1S/C13H21N4O6P/c1-9(2)23-12(18)5-15-24(20)8-21-10(7-22-24)6-17-4-3-11(14)16-13(17)19/h3-4,9-10H,5-8H2,1-2H3,(H,15,20)(H2,14,16,19). The molecule has 10 nitrogen and oxygen atoms in total. The SMILES string of the molecule is CC(C)OC(=O)CNP1(=O)COC(Cn2ccc(N)nc2=O)CO1. The Morgan fingerprint density at radius 1 is 1.62 bits per heavy atom. The first-order valence-corrected chi connectivity index (χ1v) is 9.21. The number of rotatable bonds is 6. The third-order valence-electron chi connectivity index (χ3n) is 3.08. The Morgan fingerprint density at radius 3 is 2.96 bits per heavy atom. The maximum atomic E-state index is 12.4. The molecule has 2 unspecified atom stereocenters. The minimum absolute atomic E-state index is 0.0142. The lowest BCUT2D eigenvalue weighted by molar-refractivity contribution is -0.145. The Morgan fingerprint density at radius 2 is 2.38 bits per heavy atom. The molecule has 0 bridgehead atoms. The number of aromatic nitrogens is 2. The number of nitrogens with one attached hydrogen (secondary N) is 1. The first-order valence-electron chi connectivity index (χ1n) is 7.40. The molecule has 1 aliphatic rings. The number of nitrogen functional groups attached to an aromatic ring is 1. The first kappa shape index (κ1) is 18.6. The van der Waals surface area contributed by atoms with Crippen LogP contribution in [0.4, 0.5) is 5.82 Å². The molecule has 0 spiro atoms. The van der Waals surface area contributed by atoms with Crippen molar-refractivity contribution in [3.63, 3.8) is 0 Å². The van der Waals surface area contributed by atoms with E-state index in [1.165, 1.54) is 16.8 Å². The molecule has 0 saturated carbocycles. The number of nitrogens with zero attached hydrogens (tertiary/aromatic N) is 2. The van der Waals surface area contributed by atoms with Crippen molar-refractivity contribution in [1.82, 2.24) is 14.6 Å². The molecule has 134 valence electrons. The molecule has 2 heterocycles. The zero-order valence-corrected chi connectivity index (χ0v) is 14.4. The van der Waals surface area contributed by atoms with E-state index in [1.54, 1.807) is 13.8 Å². The molecule has 2 rings (SSSR count). The van der Waals surface area contributed by atoms with Gasteiger partial charge in [0.25, 0.3) is 7.52 Å². The van der Waals surface area contributed by atoms with E-state index in [4.69, 9.17) is 19.7 Å². The highest BCUT2D eigenvalue weighted by molar-refractivity contribution is 7.56. The van der Waals surface area contributed by atoms with Crippen LogP contribution in [0.25, 0.3) is 0 Å². The summed E-state index contributed by atoms with van der Waals surface area (Å²) in [5.74, 6) is -0.385. The number of nitrogens with two attached hydrogens (primary N) is 1. The number of ether oxygens (including phenoxy) is 2. The lowest BCUT2D eigenvalue weighted by Crippen LogP contribution is -2.37. The summed E-state index contributed by atoms with van der Waals surface area (Å²) in [7, 11) is -3.27. The minimum Gasteiger partial charge on any atom is -0.462 e. The topological polar surface area (TPSA) is 135 Å². The third-order valence-corrected chi connectivity index (χ3v) is 4.77. The van der Waals surface area contributed by atoms with Crippen molar-refractivity contribution in [2.75, 3.05) is 25.2 Å². The van der Waals surface area contributed by atoms with Gasteiger partial charge >= 0.3 is 11.7 Å². The second kappa shape index (κ2) is 7.89. The van der Waals surface area contributed by atoms with E-state index in [0.29, 0.717) is 0 Å². The summed E-state index contributed by atoms with van der Waals surface area (Å²) in [4.78, 5) is 26.7. The van der Waals surface area contributed by atoms with E-state index in [2.05, 4.69) is 10.1 Å². The summed E-state index contributed by atoms with van der Waals surface area (Å²) in [5, 5.41) is 2.54. The lowest BCUT2D eigenvalue weighted by atomic mass is 10.3. The van der Waals surface area contributed by atoms with Crippen molar-refractivity contribution in [1.29, 1.82) is 0 Å². The smallest absolute Gasteiger partial charge is 0.349 e. The second-order valence-electron chi connectivity index (χ2n) is 5.55. The zero-order chi connectivity index (χ0) is 17.7. The Balaban J connectivity index is 1.83. The summed E-state index contributed by atoms with van der Waals surface area (Å²) in [6.45, 7) is 3.42. The lowest BCUT2D eigenvalue weighted by Gasteiger charge is -2.29. The largest absolute Gasteiger partial charge is 0.462 e. The van der Waals surface area contributed by atoms with Crippen molar-refractivity contribution in [3.8, 4) is 0 Å². The van der Waals surface area contributed by atoms with Crippen LogP contribution in [0.1, 0.15) is 13.8 Å². The molecule has 2 atom stereocenters. The number of hydrogen-bond donors (Lipinski definition) is 2. The monoisotopic (exact) mass is 360 g/mol. The Kier molecular flexibility index (Phi) is 6.11. The fourth-order valence-corrected chi connectivity index (χ4v) is 3.42. The molecule has 0 amide bonds. The molecule has 0 radical (unpaired) electrons. The fourth-order valence-electron chi connectivity index (χ4n) is 1.98. The van der Waals surface area contributed by atoms with Gasteiger partial charge in [0.15, 0.2) is 0 Å². The Labute approximate surface area is 138 Å². The van der Waals surface area contributed by atoms with Crippen LogP contribution >= 0.6 is 7.52 Å². The summed E-state index contributed by atoms with van der Waals surface area (Å²) < 4.78 is 29.4. The van der Waals surface area contributed by atoms with Gasteiger partial charge in [-0.15, -0.1) is 0 Å². The maximum absolute atomic E-state index is 12.4. The highest BCUT2D eigenvalue weighted by atomic mass is 31.2. The molecule has 0 aromatic carbocycles. The predicted molar refractivity (Wildman–Crippen MR) is 85.4 cm³/mol. The van der Waals surface area contributed by atoms with E-state index >= 15 is 0 Å². The van der Waals surface area contributed by atoms with Gasteiger partial charge in [0.05, 0.1) is 19.3 Å². The normalized spacial score (nSPS) is 24.0. The highest BCUT2D eigenvalue weighted by Gasteiger charge is 2.32. The van der Waals surface area contributed by atoms with Gasteiger partial charge in [-0.25, -0.2) is 9.88 Å². The van der Waals surface area contributed by atoms with Crippen molar-refractivity contribution >= 4 is 19.3 Å². The van der Waals surface area contributed by atoms with Crippen LogP contribution in [0.5, 0.6) is 0 Å². The summed E-state index contributed by atoms with van der Waals surface area (Å²) in [5.41, 5.74) is 4.92. The van der Waals surface area contributed by atoms with Crippen LogP contribution in [-0.4, -0.2) is 47.2 Å². The van der Waals surface area contributed by atoms with Crippen molar-refractivity contribution in [3.05, 3.63) is 22.7 Å². The third kappa shape index (κ3) is 5.41. The van der Waals surface area contributed by atoms with Crippen LogP contribution in [0.3, 0.4) is 0 Å². The van der Waals surface area contributed by atoms with Crippen LogP contribution in [0.2, 0.25) is 0 Å². The van der Waals surface area contributed by atoms with Gasteiger partial charge in [-0.3, -0.25) is 13.9 Å². The van der Waals surface area contributed by atoms with Gasteiger partial charge in [-0.1, -0.05) is 0 Å². The molecule has 11 heteroatoms. The number of anilines is 1. The maximum Gasteiger partial charge on any atom is 0.349 e. The molecule has 1 fully saturated rings. The van der Waals surface area contributed by atoms with Crippen LogP contribution in [0.15, 0.2) is 17.1 Å². The van der Waals surface area contributed by atoms with E-state index in [-0.39, 0.29) is 38.0 Å². The van der Waals surface area contributed by atoms with Gasteiger partial charge < -0.3 is 19.7 Å². The van der Waals surface area contributed by atoms with E-state index in [9.17, 15) is 14.2 Å². The van der Waals surface area contributed by atoms with Gasteiger partial charge in [0, 0.05) is 6.20 Å². The molecule has 1 saturated heterocycles. The number of carbonyl (C=O) groups is 1. The van der Waals surface area contributed by atoms with Gasteiger partial charge in [0.2, 0.25) is 0 Å². The average Bonchev–Trinajstić information content (AvgIpc) is 2.50. The van der Waals surface area contributed by atoms with Gasteiger partial charge in [0.1, 0.15) is 24.8 Å². The number of esters is 1. The van der Waals surface area contributed by atoms with E-state index in [1.807, 2.05) is 0 Å². The zero-order valence-electron chi connectivity index (χ0n) is 13.5. The molecular formula is C13H21N4O6P. The second-order valence-corrected chi connectivity index (χ2v) is 7.73. The fraction of sp³-hybridized carbons (Fsp3) is 0.615. The minimum atomic E-state index is -3.27. The Hall–Kier alpha value is -1.74. The summed E-state index contributed by atoms with van der Waals surface area (Å²) in [6.07, 6.45) is 0.589. The van der Waals surface area contributed by atoms with E-state index in [0.717, 1.165) is 0 Å². The van der Waals surface area contributed by atoms with Gasteiger partial charge in [-0.2, -0.15) is 4.98 Å². The summed E-state index contributed by atoms with van der Waals surface area (Å²) in [6, 6.07) is 1.50. The quantitative estimate of drug-likeness (QED) is 0.528. The summed E-state index contributed by atoms with van der Waals surface area (Å²) >= 11 is 0. The highest BCUT2D eigenvalue weighted by Crippen LogP contribution is 2.45. The molecule has 1 aliphatic heterocycles. The number of hydrogen-bond acceptors (Lipinski definition) is 8. The average molecular weight is 360 g/mol. The first-order chi connectivity index (χ1) is 11.3. The molecule has 3 N–H and O–H groups in total. The van der Waals surface area contributed by atoms with Crippen molar-refractivity contribution in [2.24, 2.45) is 0 Å². The Bertz CT molecular complexity index is 679. The van der Waals surface area contributed by atoms with Crippen LogP contribution in [0, 0.1) is 0 Å². The molecule has 1 aromatic rings. The number of carbonyl (C=O) groups excluding carboxylic acids is 1. The molecule has 1 aromatic heterocycles. The van der Waals surface area contributed by atoms with Gasteiger partial charge in [-0.05, 0) is 19.9 Å². The van der Waals surface area contributed by atoms with Crippen molar-refractivity contribution in [2.45, 2.75) is 32.6 Å². The molecule has 0 aliphatic carbocycles. The van der Waals surface area contributed by atoms with Crippen molar-refractivity contribution < 1.29 is 23.4 Å². The molecule has 24 heavy (non-hydrogen) atoms. The van der Waals surface area contributed by atoms with E-state index < -0.39 is 25.3 Å². The molecular weight excluding hydrogens is 339 g/mol. The van der Waals surface area contributed by atoms with Crippen LogP contribution in [-0.2, 0) is 29.9 Å².